The van der Waals surface area contributed by atoms with Gasteiger partial charge in [0, 0.05) is 27.7 Å². The van der Waals surface area contributed by atoms with Gasteiger partial charge in [-0.25, -0.2) is 0 Å². The topological polar surface area (TPSA) is 37.6 Å². The van der Waals surface area contributed by atoms with Gasteiger partial charge in [-0.05, 0) is 77.4 Å². The molecule has 43 heavy (non-hydrogen) atoms. The molecule has 3 heterocycles. The van der Waals surface area contributed by atoms with E-state index in [0.717, 1.165) is 50.7 Å². The molecule has 0 saturated carbocycles. The fraction of sp³-hybridized carbons (Fsp3) is 0.0256. The monoisotopic (exact) mass is 551 g/mol. The van der Waals surface area contributed by atoms with Crippen molar-refractivity contribution >= 4 is 50.5 Å². The first kappa shape index (κ1) is 23.9. The van der Waals surface area contributed by atoms with Crippen molar-refractivity contribution in [3.8, 4) is 16.8 Å². The van der Waals surface area contributed by atoms with Gasteiger partial charge < -0.3 is 4.57 Å². The normalized spacial score (nSPS) is 15.3. The Kier molecular flexibility index (Phi) is 5.08. The summed E-state index contributed by atoms with van der Waals surface area (Å²) in [5.74, 6) is -0.422. The molecular formula is C39H25N3O. The van der Waals surface area contributed by atoms with Gasteiger partial charge in [-0.2, -0.15) is 0 Å². The molecule has 0 bridgehead atoms. The zero-order chi connectivity index (χ0) is 28.5. The third kappa shape index (κ3) is 3.50. The lowest BCUT2D eigenvalue weighted by Gasteiger charge is -2.33. The summed E-state index contributed by atoms with van der Waals surface area (Å²) in [7, 11) is 0. The maximum Gasteiger partial charge on any atom is 0.245 e. The van der Waals surface area contributed by atoms with Gasteiger partial charge in [0.25, 0.3) is 0 Å². The molecule has 2 aliphatic rings. The first-order valence-electron chi connectivity index (χ1n) is 14.6. The fourth-order valence-electron chi connectivity index (χ4n) is 6.86. The molecule has 6 aromatic carbocycles. The Balaban J connectivity index is 1.19. The summed E-state index contributed by atoms with van der Waals surface area (Å²) in [5.41, 5.74) is 11.1. The first-order valence-corrected chi connectivity index (χ1v) is 14.6. The van der Waals surface area contributed by atoms with Crippen molar-refractivity contribution < 1.29 is 4.79 Å². The van der Waals surface area contributed by atoms with Crippen molar-refractivity contribution in [2.75, 3.05) is 4.90 Å². The van der Waals surface area contributed by atoms with Crippen LogP contribution in [0.4, 0.5) is 17.1 Å². The Morgan fingerprint density at radius 3 is 2.05 bits per heavy atom. The molecule has 1 unspecified atom stereocenters. The second-order valence-corrected chi connectivity index (χ2v) is 11.2. The van der Waals surface area contributed by atoms with E-state index in [9.17, 15) is 4.79 Å². The van der Waals surface area contributed by atoms with Gasteiger partial charge >= 0.3 is 0 Å². The Bertz CT molecular complexity index is 2260. The molecule has 2 aliphatic heterocycles. The number of amides is 1. The number of anilines is 2. The number of para-hydroxylation sites is 4. The molecule has 1 aromatic heterocycles. The average Bonchev–Trinajstić information content (AvgIpc) is 3.62. The molecule has 0 spiro atoms. The highest BCUT2D eigenvalue weighted by molar-refractivity contribution is 6.31. The van der Waals surface area contributed by atoms with Crippen LogP contribution in [-0.2, 0) is 4.79 Å². The standard InChI is InChI=1S/C39H25N3O/c43-39-37-32-24-25(19-21-33(32)40-38(37)30-16-8-10-18-35(30)42(39)28-13-5-2-6-14-28)26-20-22-36-31(23-26)29-15-7-9-17-34(29)41(36)27-11-3-1-4-12-27/h1-24,37H. The van der Waals surface area contributed by atoms with Crippen LogP contribution in [0.3, 0.4) is 0 Å². The molecule has 0 saturated heterocycles. The van der Waals surface area contributed by atoms with Crippen LogP contribution in [0.5, 0.6) is 0 Å². The van der Waals surface area contributed by atoms with E-state index in [1.165, 1.54) is 21.8 Å². The van der Waals surface area contributed by atoms with E-state index >= 15 is 0 Å². The molecule has 0 aliphatic carbocycles. The van der Waals surface area contributed by atoms with Crippen LogP contribution in [0, 0.1) is 0 Å². The van der Waals surface area contributed by atoms with Gasteiger partial charge in [0.1, 0.15) is 5.92 Å². The van der Waals surface area contributed by atoms with Gasteiger partial charge in [0.2, 0.25) is 5.91 Å². The molecule has 1 amide bonds. The molecule has 0 radical (unpaired) electrons. The predicted molar refractivity (Wildman–Crippen MR) is 175 cm³/mol. The largest absolute Gasteiger partial charge is 0.309 e. The minimum absolute atomic E-state index is 0.0286. The number of aromatic nitrogens is 1. The maximum absolute atomic E-state index is 14.3. The average molecular weight is 552 g/mol. The maximum atomic E-state index is 14.3. The molecule has 4 heteroatoms. The molecule has 9 rings (SSSR count). The lowest BCUT2D eigenvalue weighted by Crippen LogP contribution is -2.39. The molecular weight excluding hydrogens is 526 g/mol. The van der Waals surface area contributed by atoms with Gasteiger partial charge in [-0.1, -0.05) is 84.9 Å². The predicted octanol–water partition coefficient (Wildman–Crippen LogP) is 9.35. The number of aliphatic imine (C=N–C) groups is 1. The molecule has 7 aromatic rings. The van der Waals surface area contributed by atoms with Gasteiger partial charge in [0.15, 0.2) is 0 Å². The minimum Gasteiger partial charge on any atom is -0.309 e. The van der Waals surface area contributed by atoms with Gasteiger partial charge in [-0.3, -0.25) is 14.7 Å². The SMILES string of the molecule is O=C1C2C(=Nc3ccc(-c4ccc5c(c4)c4ccccc4n5-c4ccccc4)cc32)c2ccccc2N1c1ccccc1. The summed E-state index contributed by atoms with van der Waals surface area (Å²) in [4.78, 5) is 21.2. The van der Waals surface area contributed by atoms with Crippen LogP contribution in [0.1, 0.15) is 17.0 Å². The van der Waals surface area contributed by atoms with E-state index in [2.05, 4.69) is 95.6 Å². The number of carbonyl (C=O) groups is 1. The summed E-state index contributed by atoms with van der Waals surface area (Å²) in [6, 6.07) is 50.1. The number of carbonyl (C=O) groups excluding carboxylic acids is 1. The molecule has 4 nitrogen and oxygen atoms in total. The zero-order valence-corrected chi connectivity index (χ0v) is 23.2. The highest BCUT2D eigenvalue weighted by Gasteiger charge is 2.43. The van der Waals surface area contributed by atoms with Gasteiger partial charge in [-0.15, -0.1) is 0 Å². The van der Waals surface area contributed by atoms with Crippen LogP contribution < -0.4 is 4.90 Å². The molecule has 0 N–H and O–H groups in total. The number of fused-ring (bicyclic) bond motifs is 8. The van der Waals surface area contributed by atoms with Crippen molar-refractivity contribution in [1.29, 1.82) is 0 Å². The highest BCUT2D eigenvalue weighted by atomic mass is 16.2. The van der Waals surface area contributed by atoms with Crippen LogP contribution >= 0.6 is 0 Å². The Hall–Kier alpha value is -5.74. The zero-order valence-electron chi connectivity index (χ0n) is 23.2. The third-order valence-corrected chi connectivity index (χ3v) is 8.78. The number of hydrogen-bond acceptors (Lipinski definition) is 2. The summed E-state index contributed by atoms with van der Waals surface area (Å²) in [6.45, 7) is 0. The smallest absolute Gasteiger partial charge is 0.245 e. The fourth-order valence-corrected chi connectivity index (χ4v) is 6.86. The van der Waals surface area contributed by atoms with Crippen molar-refractivity contribution in [1.82, 2.24) is 4.57 Å². The van der Waals surface area contributed by atoms with Crippen molar-refractivity contribution in [2.24, 2.45) is 4.99 Å². The molecule has 1 atom stereocenters. The minimum atomic E-state index is -0.450. The molecule has 0 fully saturated rings. The number of hydrogen-bond donors (Lipinski definition) is 0. The highest BCUT2D eigenvalue weighted by Crippen LogP contribution is 2.48. The van der Waals surface area contributed by atoms with E-state index in [1.54, 1.807) is 0 Å². The Labute approximate surface area is 248 Å². The lowest BCUT2D eigenvalue weighted by atomic mass is 9.84. The van der Waals surface area contributed by atoms with E-state index in [4.69, 9.17) is 4.99 Å². The van der Waals surface area contributed by atoms with Crippen molar-refractivity contribution in [2.45, 2.75) is 5.92 Å². The van der Waals surface area contributed by atoms with E-state index in [1.807, 2.05) is 59.5 Å². The quantitative estimate of drug-likeness (QED) is 0.216. The van der Waals surface area contributed by atoms with Crippen LogP contribution in [0.2, 0.25) is 0 Å². The molecule has 202 valence electrons. The van der Waals surface area contributed by atoms with Crippen LogP contribution in [-0.4, -0.2) is 16.2 Å². The van der Waals surface area contributed by atoms with Crippen LogP contribution in [0.25, 0.3) is 38.6 Å². The Morgan fingerprint density at radius 2 is 1.21 bits per heavy atom. The van der Waals surface area contributed by atoms with E-state index in [0.29, 0.717) is 0 Å². The lowest BCUT2D eigenvalue weighted by molar-refractivity contribution is -0.118. The summed E-state index contributed by atoms with van der Waals surface area (Å²) in [6.07, 6.45) is 0. The van der Waals surface area contributed by atoms with E-state index < -0.39 is 5.92 Å². The third-order valence-electron chi connectivity index (χ3n) is 8.78. The van der Waals surface area contributed by atoms with Gasteiger partial charge in [0.05, 0.1) is 28.1 Å². The second-order valence-electron chi connectivity index (χ2n) is 11.2. The first-order chi connectivity index (χ1) is 21.3. The summed E-state index contributed by atoms with van der Waals surface area (Å²) < 4.78 is 2.33. The van der Waals surface area contributed by atoms with Crippen molar-refractivity contribution in [3.05, 3.63) is 157 Å². The number of nitrogens with zero attached hydrogens (tertiary/aromatic N) is 3. The summed E-state index contributed by atoms with van der Waals surface area (Å²) in [5, 5.41) is 2.42. The van der Waals surface area contributed by atoms with Crippen LogP contribution in [0.15, 0.2) is 151 Å². The van der Waals surface area contributed by atoms with Crippen molar-refractivity contribution in [3.63, 3.8) is 0 Å². The number of rotatable bonds is 3. The van der Waals surface area contributed by atoms with E-state index in [-0.39, 0.29) is 5.91 Å². The number of benzene rings is 6. The summed E-state index contributed by atoms with van der Waals surface area (Å²) >= 11 is 0. The Morgan fingerprint density at radius 1 is 0.558 bits per heavy atom. The second kappa shape index (κ2) is 9.13.